The summed E-state index contributed by atoms with van der Waals surface area (Å²) in [6.45, 7) is 0. The van der Waals surface area contributed by atoms with E-state index in [0.717, 1.165) is 6.42 Å². The zero-order chi connectivity index (χ0) is 8.55. The zero-order valence-electron chi connectivity index (χ0n) is 6.62. The Morgan fingerprint density at radius 2 is 2.50 bits per heavy atom. The maximum Gasteiger partial charge on any atom is 0.0797 e. The van der Waals surface area contributed by atoms with Crippen LogP contribution in [0.4, 0.5) is 0 Å². The molecule has 0 unspecified atom stereocenters. The molecular weight excluding hydrogens is 188 g/mol. The van der Waals surface area contributed by atoms with Crippen LogP contribution in [0.5, 0.6) is 0 Å². The van der Waals surface area contributed by atoms with Crippen LogP contribution in [0.1, 0.15) is 29.3 Å². The van der Waals surface area contributed by atoms with Gasteiger partial charge in [0.05, 0.1) is 16.2 Å². The van der Waals surface area contributed by atoms with Crippen LogP contribution in [0, 0.1) is 0 Å². The van der Waals surface area contributed by atoms with Gasteiger partial charge in [-0.05, 0) is 12.8 Å². The summed E-state index contributed by atoms with van der Waals surface area (Å²) in [5.41, 5.74) is 8.62. The van der Waals surface area contributed by atoms with Gasteiger partial charge in [-0.25, -0.2) is 4.98 Å². The van der Waals surface area contributed by atoms with E-state index < -0.39 is 0 Å². The number of hydrogen-bond acceptors (Lipinski definition) is 3. The molecule has 64 valence electrons. The number of hydrogen-bond donors (Lipinski definition) is 1. The molecule has 0 spiro atoms. The molecule has 0 radical (unpaired) electrons. The molecule has 1 aromatic heterocycles. The lowest BCUT2D eigenvalue weighted by molar-refractivity contribution is 1.02. The summed E-state index contributed by atoms with van der Waals surface area (Å²) in [6, 6.07) is 0. The molecule has 1 saturated carbocycles. The number of thiazole rings is 1. The highest BCUT2D eigenvalue weighted by Gasteiger charge is 2.28. The van der Waals surface area contributed by atoms with Crippen molar-refractivity contribution in [1.29, 1.82) is 0 Å². The minimum atomic E-state index is 0.571. The van der Waals surface area contributed by atoms with Gasteiger partial charge in [0.2, 0.25) is 0 Å². The average molecular weight is 198 g/mol. The van der Waals surface area contributed by atoms with E-state index in [9.17, 15) is 0 Å². The van der Waals surface area contributed by atoms with Crippen molar-refractivity contribution in [2.24, 2.45) is 5.73 Å². The van der Waals surface area contributed by atoms with Crippen LogP contribution in [-0.2, 0) is 6.42 Å². The third-order valence-corrected chi connectivity index (χ3v) is 2.96. The second kappa shape index (κ2) is 3.11. The van der Waals surface area contributed by atoms with Gasteiger partial charge in [-0.15, -0.1) is 11.3 Å². The predicted octanol–water partition coefficient (Wildman–Crippen LogP) is 1.85. The monoisotopic (exact) mass is 198 g/mol. The molecule has 1 aliphatic carbocycles. The number of rotatable bonds is 3. The van der Waals surface area contributed by atoms with Gasteiger partial charge < -0.3 is 5.73 Å². The molecule has 1 fully saturated rings. The fourth-order valence-electron chi connectivity index (χ4n) is 1.26. The topological polar surface area (TPSA) is 38.9 Å². The standard InChI is InChI=1S/C8H10N2S2/c9-7(11)3-6-8(5-1-2-5)10-4-12-6/h4-5H,1-3H2,(H2,9,11). The molecule has 12 heavy (non-hydrogen) atoms. The van der Waals surface area contributed by atoms with Crippen molar-refractivity contribution in [2.75, 3.05) is 0 Å². The van der Waals surface area contributed by atoms with Crippen molar-refractivity contribution in [2.45, 2.75) is 25.2 Å². The van der Waals surface area contributed by atoms with Crippen molar-refractivity contribution < 1.29 is 0 Å². The Balaban J connectivity index is 2.18. The molecule has 1 aromatic rings. The van der Waals surface area contributed by atoms with Crippen molar-refractivity contribution in [1.82, 2.24) is 4.98 Å². The molecule has 1 aliphatic rings. The lowest BCUT2D eigenvalue weighted by atomic mass is 10.2. The SMILES string of the molecule is NC(=S)Cc1scnc1C1CC1. The molecule has 2 rings (SSSR count). The highest BCUT2D eigenvalue weighted by Crippen LogP contribution is 2.41. The first-order valence-corrected chi connectivity index (χ1v) is 5.26. The van der Waals surface area contributed by atoms with Gasteiger partial charge >= 0.3 is 0 Å². The number of nitrogens with zero attached hydrogens (tertiary/aromatic N) is 1. The van der Waals surface area contributed by atoms with Gasteiger partial charge in [0.15, 0.2) is 0 Å². The maximum atomic E-state index is 5.48. The van der Waals surface area contributed by atoms with Gasteiger partial charge in [0, 0.05) is 17.2 Å². The summed E-state index contributed by atoms with van der Waals surface area (Å²) >= 11 is 6.53. The molecule has 2 nitrogen and oxygen atoms in total. The first-order valence-electron chi connectivity index (χ1n) is 3.98. The van der Waals surface area contributed by atoms with Crippen molar-refractivity contribution in [3.63, 3.8) is 0 Å². The van der Waals surface area contributed by atoms with Gasteiger partial charge in [-0.3, -0.25) is 0 Å². The summed E-state index contributed by atoms with van der Waals surface area (Å²) in [7, 11) is 0. The lowest BCUT2D eigenvalue weighted by Crippen LogP contribution is -2.11. The van der Waals surface area contributed by atoms with E-state index in [2.05, 4.69) is 4.98 Å². The highest BCUT2D eigenvalue weighted by atomic mass is 32.1. The number of nitrogens with two attached hydrogens (primary N) is 1. The van der Waals surface area contributed by atoms with Crippen LogP contribution in [0.3, 0.4) is 0 Å². The van der Waals surface area contributed by atoms with Gasteiger partial charge in [0.1, 0.15) is 0 Å². The Labute approximate surface area is 80.8 Å². The molecule has 1 heterocycles. The Hall–Kier alpha value is -0.480. The molecule has 0 aliphatic heterocycles. The van der Waals surface area contributed by atoms with Crippen molar-refractivity contribution >= 4 is 28.5 Å². The fraction of sp³-hybridized carbons (Fsp3) is 0.500. The summed E-state index contributed by atoms with van der Waals surface area (Å²) in [5.74, 6) is 0.709. The molecule has 0 saturated heterocycles. The zero-order valence-corrected chi connectivity index (χ0v) is 8.25. The summed E-state index contributed by atoms with van der Waals surface area (Å²) in [4.78, 5) is 6.17. The third kappa shape index (κ3) is 1.64. The van der Waals surface area contributed by atoms with E-state index in [4.69, 9.17) is 18.0 Å². The predicted molar refractivity (Wildman–Crippen MR) is 54.6 cm³/mol. The van der Waals surface area contributed by atoms with E-state index in [1.165, 1.54) is 23.4 Å². The molecule has 2 N–H and O–H groups in total. The van der Waals surface area contributed by atoms with Gasteiger partial charge in [0.25, 0.3) is 0 Å². The normalized spacial score (nSPS) is 16.3. The van der Waals surface area contributed by atoms with Gasteiger partial charge in [-0.1, -0.05) is 12.2 Å². The first kappa shape index (κ1) is 8.13. The molecule has 0 aromatic carbocycles. The van der Waals surface area contributed by atoms with Crippen LogP contribution in [0.15, 0.2) is 5.51 Å². The van der Waals surface area contributed by atoms with Crippen LogP contribution in [-0.4, -0.2) is 9.97 Å². The molecule has 0 atom stereocenters. The van der Waals surface area contributed by atoms with E-state index in [-0.39, 0.29) is 0 Å². The van der Waals surface area contributed by atoms with Crippen LogP contribution in [0.25, 0.3) is 0 Å². The molecule has 4 heteroatoms. The summed E-state index contributed by atoms with van der Waals surface area (Å²) < 4.78 is 0. The highest BCUT2D eigenvalue weighted by molar-refractivity contribution is 7.80. The summed E-state index contributed by atoms with van der Waals surface area (Å²) in [6.07, 6.45) is 3.30. The first-order chi connectivity index (χ1) is 5.77. The smallest absolute Gasteiger partial charge is 0.0797 e. The van der Waals surface area contributed by atoms with Crippen molar-refractivity contribution in [3.8, 4) is 0 Å². The van der Waals surface area contributed by atoms with E-state index >= 15 is 0 Å². The second-order valence-corrected chi connectivity index (χ2v) is 4.54. The van der Waals surface area contributed by atoms with E-state index in [0.29, 0.717) is 10.9 Å². The minimum absolute atomic E-state index is 0.571. The Morgan fingerprint density at radius 1 is 1.75 bits per heavy atom. The number of thiocarbonyl (C=S) groups is 1. The largest absolute Gasteiger partial charge is 0.393 e. The van der Waals surface area contributed by atoms with Crippen LogP contribution in [0.2, 0.25) is 0 Å². The van der Waals surface area contributed by atoms with Crippen molar-refractivity contribution in [3.05, 3.63) is 16.1 Å². The number of aromatic nitrogens is 1. The Morgan fingerprint density at radius 3 is 3.08 bits per heavy atom. The van der Waals surface area contributed by atoms with E-state index in [1.54, 1.807) is 11.3 Å². The third-order valence-electron chi connectivity index (χ3n) is 1.97. The van der Waals surface area contributed by atoms with Crippen LogP contribution < -0.4 is 5.73 Å². The average Bonchev–Trinajstić information content (AvgIpc) is 2.73. The molecular formula is C8H10N2S2. The van der Waals surface area contributed by atoms with Gasteiger partial charge in [-0.2, -0.15) is 0 Å². The maximum absolute atomic E-state index is 5.48. The Bertz CT molecular complexity index is 302. The second-order valence-electron chi connectivity index (χ2n) is 3.08. The van der Waals surface area contributed by atoms with Crippen LogP contribution >= 0.6 is 23.6 Å². The Kier molecular flexibility index (Phi) is 2.11. The summed E-state index contributed by atoms with van der Waals surface area (Å²) in [5, 5.41) is 0. The molecule has 0 bridgehead atoms. The fourth-order valence-corrected chi connectivity index (χ4v) is 2.37. The molecule has 0 amide bonds. The van der Waals surface area contributed by atoms with E-state index in [1.807, 2.05) is 5.51 Å². The minimum Gasteiger partial charge on any atom is -0.393 e. The quantitative estimate of drug-likeness (QED) is 0.753. The lowest BCUT2D eigenvalue weighted by Gasteiger charge is -1.97.